The molecule has 0 aromatic heterocycles. The van der Waals surface area contributed by atoms with Crippen LogP contribution in [0.2, 0.25) is 0 Å². The van der Waals surface area contributed by atoms with E-state index in [1.54, 1.807) is 12.1 Å². The van der Waals surface area contributed by atoms with Gasteiger partial charge < -0.3 is 10.1 Å². The third-order valence-corrected chi connectivity index (χ3v) is 6.41. The Balaban J connectivity index is 2.09. The van der Waals surface area contributed by atoms with Crippen LogP contribution >= 0.6 is 15.9 Å². The minimum absolute atomic E-state index is 0.0889. The molecule has 1 amide bonds. The Bertz CT molecular complexity index is 691. The molecule has 6 nitrogen and oxygen atoms in total. The molecule has 1 N–H and O–H groups in total. The highest BCUT2D eigenvalue weighted by Gasteiger charge is 2.49. The van der Waals surface area contributed by atoms with E-state index in [0.29, 0.717) is 23.9 Å². The van der Waals surface area contributed by atoms with Gasteiger partial charge in [0.15, 0.2) is 0 Å². The van der Waals surface area contributed by atoms with Crippen molar-refractivity contribution in [1.29, 1.82) is 0 Å². The third-order valence-electron chi connectivity index (χ3n) is 3.94. The first-order chi connectivity index (χ1) is 9.95. The number of rotatable bonds is 3. The molecule has 0 saturated carbocycles. The molecule has 0 spiro atoms. The number of nitrogens with one attached hydrogen (secondary N) is 1. The molecular weight excluding hydrogens is 360 g/mol. The highest BCUT2D eigenvalue weighted by molar-refractivity contribution is 9.10. The van der Waals surface area contributed by atoms with Crippen LogP contribution in [0.3, 0.4) is 0 Å². The fraction of sp³-hybridized carbons (Fsp3) is 0.462. The smallest absolute Gasteiger partial charge is 0.247 e. The lowest BCUT2D eigenvalue weighted by Crippen LogP contribution is -2.57. The Morgan fingerprint density at radius 1 is 1.38 bits per heavy atom. The largest absolute Gasteiger partial charge is 0.495 e. The average Bonchev–Trinajstić information content (AvgIpc) is 2.81. The van der Waals surface area contributed by atoms with Crippen molar-refractivity contribution in [2.45, 2.75) is 29.8 Å². The summed E-state index contributed by atoms with van der Waals surface area (Å²) in [5, 5.41) is 2.75. The fourth-order valence-corrected chi connectivity index (χ4v) is 5.49. The summed E-state index contributed by atoms with van der Waals surface area (Å²) in [5.41, 5.74) is 0. The SMILES string of the molecule is COc1ccc(Br)cc1S(=O)(=O)N1C2CCC1C(=O)NC2. The molecular formula is C13H15BrN2O4S. The molecule has 1 aromatic rings. The number of halogens is 1. The highest BCUT2D eigenvalue weighted by Crippen LogP contribution is 2.37. The molecule has 1 aromatic carbocycles. The van der Waals surface area contributed by atoms with Crippen LogP contribution in [0, 0.1) is 0 Å². The first-order valence-electron chi connectivity index (χ1n) is 6.60. The van der Waals surface area contributed by atoms with Crippen molar-refractivity contribution in [3.05, 3.63) is 22.7 Å². The Kier molecular flexibility index (Phi) is 3.71. The van der Waals surface area contributed by atoms with Crippen molar-refractivity contribution in [2.24, 2.45) is 0 Å². The maximum Gasteiger partial charge on any atom is 0.247 e. The van der Waals surface area contributed by atoms with Crippen molar-refractivity contribution in [3.63, 3.8) is 0 Å². The monoisotopic (exact) mass is 374 g/mol. The lowest BCUT2D eigenvalue weighted by Gasteiger charge is -2.33. The molecule has 21 heavy (non-hydrogen) atoms. The second-order valence-electron chi connectivity index (χ2n) is 5.12. The van der Waals surface area contributed by atoms with Gasteiger partial charge in [-0.25, -0.2) is 8.42 Å². The molecule has 2 saturated heterocycles. The number of methoxy groups -OCH3 is 1. The van der Waals surface area contributed by atoms with Crippen LogP contribution in [0.25, 0.3) is 0 Å². The van der Waals surface area contributed by atoms with Crippen LogP contribution in [-0.2, 0) is 14.8 Å². The first kappa shape index (κ1) is 14.8. The summed E-state index contributed by atoms with van der Waals surface area (Å²) in [5.74, 6) is 0.0601. The van der Waals surface area contributed by atoms with Crippen LogP contribution in [0.15, 0.2) is 27.6 Å². The van der Waals surface area contributed by atoms with E-state index < -0.39 is 16.1 Å². The van der Waals surface area contributed by atoms with Crippen molar-refractivity contribution >= 4 is 31.9 Å². The second kappa shape index (κ2) is 5.26. The van der Waals surface area contributed by atoms with Crippen LogP contribution in [0.1, 0.15) is 12.8 Å². The van der Waals surface area contributed by atoms with Crippen LogP contribution < -0.4 is 10.1 Å². The number of ether oxygens (including phenoxy) is 1. The van der Waals surface area contributed by atoms with E-state index in [4.69, 9.17) is 4.74 Å². The predicted molar refractivity (Wildman–Crippen MR) is 79.5 cm³/mol. The van der Waals surface area contributed by atoms with E-state index in [-0.39, 0.29) is 22.6 Å². The number of hydrogen-bond donors (Lipinski definition) is 1. The maximum absolute atomic E-state index is 13.0. The number of amides is 1. The number of piperazine rings is 1. The normalized spacial score (nSPS) is 25.7. The number of hydrogen-bond acceptors (Lipinski definition) is 4. The van der Waals surface area contributed by atoms with Crippen molar-refractivity contribution in [1.82, 2.24) is 9.62 Å². The van der Waals surface area contributed by atoms with E-state index >= 15 is 0 Å². The van der Waals surface area contributed by atoms with Crippen molar-refractivity contribution in [3.8, 4) is 5.75 Å². The van der Waals surface area contributed by atoms with Gasteiger partial charge in [0.05, 0.1) is 7.11 Å². The highest BCUT2D eigenvalue weighted by atomic mass is 79.9. The van der Waals surface area contributed by atoms with Gasteiger partial charge in [-0.3, -0.25) is 4.79 Å². The van der Waals surface area contributed by atoms with E-state index in [2.05, 4.69) is 21.2 Å². The van der Waals surface area contributed by atoms with Crippen LogP contribution in [-0.4, -0.2) is 44.4 Å². The first-order valence-corrected chi connectivity index (χ1v) is 8.83. The minimum Gasteiger partial charge on any atom is -0.495 e. The van der Waals surface area contributed by atoms with Crippen LogP contribution in [0.5, 0.6) is 5.75 Å². The van der Waals surface area contributed by atoms with Gasteiger partial charge in [-0.1, -0.05) is 15.9 Å². The summed E-state index contributed by atoms with van der Waals surface area (Å²) in [6.45, 7) is 0.366. The van der Waals surface area contributed by atoms with E-state index in [9.17, 15) is 13.2 Å². The summed E-state index contributed by atoms with van der Waals surface area (Å²) in [7, 11) is -2.35. The molecule has 2 fully saturated rings. The summed E-state index contributed by atoms with van der Waals surface area (Å²) in [4.78, 5) is 12.0. The Hall–Kier alpha value is -1.12. The number of sulfonamides is 1. The third kappa shape index (κ3) is 2.35. The molecule has 2 aliphatic heterocycles. The van der Waals surface area contributed by atoms with E-state index in [0.717, 1.165) is 0 Å². The van der Waals surface area contributed by atoms with Gasteiger partial charge in [-0.05, 0) is 31.0 Å². The lowest BCUT2D eigenvalue weighted by atomic mass is 10.2. The standard InChI is InChI=1S/C13H15BrN2O4S/c1-20-11-5-2-8(14)6-12(11)21(18,19)16-9-3-4-10(16)13(17)15-7-9/h2,5-6,9-10H,3-4,7H2,1H3,(H,15,17). The maximum atomic E-state index is 13.0. The number of carbonyl (C=O) groups excluding carboxylic acids is 1. The Morgan fingerprint density at radius 3 is 2.86 bits per heavy atom. The van der Waals surface area contributed by atoms with Crippen LogP contribution in [0.4, 0.5) is 0 Å². The molecule has 8 heteroatoms. The van der Waals surface area contributed by atoms with Crippen molar-refractivity contribution < 1.29 is 17.9 Å². The number of nitrogens with zero attached hydrogens (tertiary/aromatic N) is 1. The Labute approximate surface area is 131 Å². The minimum atomic E-state index is -3.78. The zero-order chi connectivity index (χ0) is 15.2. The van der Waals surface area contributed by atoms with E-state index in [1.165, 1.54) is 17.5 Å². The van der Waals surface area contributed by atoms with Crippen molar-refractivity contribution in [2.75, 3.05) is 13.7 Å². The predicted octanol–water partition coefficient (Wildman–Crippen LogP) is 1.11. The molecule has 2 bridgehead atoms. The Morgan fingerprint density at radius 2 is 2.14 bits per heavy atom. The summed E-state index contributed by atoms with van der Waals surface area (Å²) < 4.78 is 33.1. The number of fused-ring (bicyclic) bond motifs is 2. The molecule has 2 heterocycles. The lowest BCUT2D eigenvalue weighted by molar-refractivity contribution is -0.126. The molecule has 2 unspecified atom stereocenters. The zero-order valence-corrected chi connectivity index (χ0v) is 13.8. The molecule has 2 aliphatic rings. The number of benzene rings is 1. The van der Waals surface area contributed by atoms with Gasteiger partial charge in [-0.2, -0.15) is 4.31 Å². The molecule has 0 radical (unpaired) electrons. The molecule has 114 valence electrons. The second-order valence-corrected chi connectivity index (χ2v) is 7.85. The molecule has 0 aliphatic carbocycles. The van der Waals surface area contributed by atoms with Gasteiger partial charge >= 0.3 is 0 Å². The summed E-state index contributed by atoms with van der Waals surface area (Å²) in [6, 6.07) is 4.04. The van der Waals surface area contributed by atoms with Gasteiger partial charge in [0, 0.05) is 17.1 Å². The molecule has 3 rings (SSSR count). The average molecular weight is 375 g/mol. The summed E-state index contributed by atoms with van der Waals surface area (Å²) >= 11 is 3.28. The quantitative estimate of drug-likeness (QED) is 0.859. The van der Waals surface area contributed by atoms with Gasteiger partial charge in [0.2, 0.25) is 15.9 Å². The topological polar surface area (TPSA) is 75.7 Å². The fourth-order valence-electron chi connectivity index (χ4n) is 2.96. The van der Waals surface area contributed by atoms with E-state index in [1.807, 2.05) is 0 Å². The van der Waals surface area contributed by atoms with Gasteiger partial charge in [-0.15, -0.1) is 0 Å². The number of carbonyl (C=O) groups is 1. The summed E-state index contributed by atoms with van der Waals surface area (Å²) in [6.07, 6.45) is 1.25. The molecule has 2 atom stereocenters. The van der Waals surface area contributed by atoms with Gasteiger partial charge in [0.25, 0.3) is 0 Å². The zero-order valence-electron chi connectivity index (χ0n) is 11.4. The van der Waals surface area contributed by atoms with Gasteiger partial charge in [0.1, 0.15) is 16.7 Å².